The summed E-state index contributed by atoms with van der Waals surface area (Å²) in [5, 5.41) is 0. The Morgan fingerprint density at radius 2 is 1.63 bits per heavy atom. The molecule has 2 aromatic rings. The summed E-state index contributed by atoms with van der Waals surface area (Å²) in [5.74, 6) is 0.407. The van der Waals surface area contributed by atoms with Crippen molar-refractivity contribution in [3.8, 4) is 0 Å². The van der Waals surface area contributed by atoms with Gasteiger partial charge in [0, 0.05) is 43.1 Å². The van der Waals surface area contributed by atoms with Crippen LogP contribution in [0, 0.1) is 0 Å². The minimum Gasteiger partial charge on any atom is -0.444 e. The lowest BCUT2D eigenvalue weighted by molar-refractivity contribution is -0.197. The number of benzene rings is 2. The van der Waals surface area contributed by atoms with Gasteiger partial charge in [0.1, 0.15) is 11.1 Å². The molecule has 5 nitrogen and oxygen atoms in total. The Hall–Kier alpha value is -2.10. The van der Waals surface area contributed by atoms with Crippen LogP contribution in [-0.2, 0) is 11.3 Å². The van der Waals surface area contributed by atoms with Crippen molar-refractivity contribution >= 4 is 22.0 Å². The van der Waals surface area contributed by atoms with E-state index in [1.54, 1.807) is 0 Å². The Balaban J connectivity index is 0.000000212. The molecule has 0 saturated carbocycles. The summed E-state index contributed by atoms with van der Waals surface area (Å²) >= 11 is 3.45. The average molecular weight is 599 g/mol. The first-order valence-corrected chi connectivity index (χ1v) is 13.9. The molecule has 1 atom stereocenters. The number of rotatable bonds is 3. The monoisotopic (exact) mass is 597 g/mol. The van der Waals surface area contributed by atoms with Crippen LogP contribution in [0.4, 0.5) is 18.0 Å². The summed E-state index contributed by atoms with van der Waals surface area (Å²) in [6.07, 6.45) is -2.39. The predicted molar refractivity (Wildman–Crippen MR) is 148 cm³/mol. The SMILES string of the molecule is CC(C)(C)OC(=O)N1CCCC(c2ccc(Br)cc2)C1.NC1(C(F)(F)F)CCN(Cc2ccccc2)CC1. The number of amides is 1. The molecule has 2 aliphatic rings. The fourth-order valence-electron chi connectivity index (χ4n) is 4.71. The van der Waals surface area contributed by atoms with Crippen molar-refractivity contribution in [2.45, 2.75) is 76.2 Å². The third-order valence-electron chi connectivity index (χ3n) is 6.98. The van der Waals surface area contributed by atoms with Gasteiger partial charge in [0.05, 0.1) is 0 Å². The molecule has 4 rings (SSSR count). The van der Waals surface area contributed by atoms with Crippen LogP contribution in [0.1, 0.15) is 63.5 Å². The van der Waals surface area contributed by atoms with E-state index >= 15 is 0 Å². The maximum Gasteiger partial charge on any atom is 0.410 e. The number of ether oxygens (including phenoxy) is 1. The Morgan fingerprint density at radius 3 is 2.18 bits per heavy atom. The van der Waals surface area contributed by atoms with Gasteiger partial charge in [-0.1, -0.05) is 58.4 Å². The van der Waals surface area contributed by atoms with E-state index in [-0.39, 0.29) is 18.9 Å². The number of carbonyl (C=O) groups excluding carboxylic acids is 1. The lowest BCUT2D eigenvalue weighted by atomic mass is 9.88. The predicted octanol–water partition coefficient (Wildman–Crippen LogP) is 7.11. The molecule has 0 aliphatic carbocycles. The highest BCUT2D eigenvalue weighted by molar-refractivity contribution is 9.10. The van der Waals surface area contributed by atoms with Crippen molar-refractivity contribution in [2.75, 3.05) is 26.2 Å². The van der Waals surface area contributed by atoms with Crippen LogP contribution in [0.25, 0.3) is 0 Å². The van der Waals surface area contributed by atoms with Crippen molar-refractivity contribution < 1.29 is 22.7 Å². The van der Waals surface area contributed by atoms with Gasteiger partial charge in [0.15, 0.2) is 0 Å². The lowest BCUT2D eigenvalue weighted by Gasteiger charge is -2.40. The van der Waals surface area contributed by atoms with Crippen LogP contribution in [0.3, 0.4) is 0 Å². The maximum absolute atomic E-state index is 12.7. The van der Waals surface area contributed by atoms with E-state index in [0.717, 1.165) is 36.0 Å². The molecule has 2 fully saturated rings. The molecule has 2 N–H and O–H groups in total. The van der Waals surface area contributed by atoms with Crippen LogP contribution < -0.4 is 5.73 Å². The summed E-state index contributed by atoms with van der Waals surface area (Å²) in [7, 11) is 0. The molecule has 1 amide bonds. The van der Waals surface area contributed by atoms with Gasteiger partial charge >= 0.3 is 12.3 Å². The van der Waals surface area contributed by atoms with Crippen molar-refractivity contribution in [2.24, 2.45) is 5.73 Å². The normalized spacial score (nSPS) is 20.3. The highest BCUT2D eigenvalue weighted by atomic mass is 79.9. The van der Waals surface area contributed by atoms with Crippen LogP contribution in [-0.4, -0.2) is 59.4 Å². The lowest BCUT2D eigenvalue weighted by Crippen LogP contribution is -2.59. The number of likely N-dealkylation sites (tertiary alicyclic amines) is 2. The van der Waals surface area contributed by atoms with Gasteiger partial charge in [-0.25, -0.2) is 4.79 Å². The molecule has 0 bridgehead atoms. The van der Waals surface area contributed by atoms with E-state index in [4.69, 9.17) is 10.5 Å². The van der Waals surface area contributed by atoms with E-state index in [2.05, 4.69) is 40.2 Å². The second-order valence-electron chi connectivity index (χ2n) is 11.2. The van der Waals surface area contributed by atoms with Crippen molar-refractivity contribution in [3.05, 3.63) is 70.2 Å². The zero-order valence-electron chi connectivity index (χ0n) is 22.4. The molecule has 9 heteroatoms. The molecule has 0 spiro atoms. The third-order valence-corrected chi connectivity index (χ3v) is 7.51. The first-order valence-electron chi connectivity index (χ1n) is 13.1. The number of nitrogens with two attached hydrogens (primary N) is 1. The van der Waals surface area contributed by atoms with Gasteiger partial charge in [-0.3, -0.25) is 4.90 Å². The Labute approximate surface area is 232 Å². The van der Waals surface area contributed by atoms with E-state index < -0.39 is 17.3 Å². The van der Waals surface area contributed by atoms with Gasteiger partial charge in [0.2, 0.25) is 0 Å². The highest BCUT2D eigenvalue weighted by Gasteiger charge is 2.52. The molecular weight excluding hydrogens is 559 g/mol. The first kappa shape index (κ1) is 30.4. The molecular formula is C29H39BrF3N3O2. The third kappa shape index (κ3) is 8.99. The van der Waals surface area contributed by atoms with Crippen molar-refractivity contribution in [1.29, 1.82) is 0 Å². The molecule has 2 aromatic carbocycles. The Kier molecular flexibility index (Phi) is 10.3. The molecule has 210 valence electrons. The minimum absolute atomic E-state index is 0.0245. The Morgan fingerprint density at radius 1 is 1.03 bits per heavy atom. The number of halogens is 4. The van der Waals surface area contributed by atoms with E-state index in [9.17, 15) is 18.0 Å². The van der Waals surface area contributed by atoms with Gasteiger partial charge in [0.25, 0.3) is 0 Å². The van der Waals surface area contributed by atoms with Gasteiger partial charge < -0.3 is 15.4 Å². The number of piperidine rings is 2. The number of hydrogen-bond acceptors (Lipinski definition) is 4. The quantitative estimate of drug-likeness (QED) is 0.410. The smallest absolute Gasteiger partial charge is 0.410 e. The molecule has 2 heterocycles. The topological polar surface area (TPSA) is 58.8 Å². The zero-order valence-corrected chi connectivity index (χ0v) is 24.0. The number of carbonyl (C=O) groups is 1. The minimum atomic E-state index is -4.30. The summed E-state index contributed by atoms with van der Waals surface area (Å²) in [4.78, 5) is 16.0. The number of hydrogen-bond donors (Lipinski definition) is 1. The Bertz CT molecular complexity index is 1020. The largest absolute Gasteiger partial charge is 0.444 e. The molecule has 38 heavy (non-hydrogen) atoms. The first-order chi connectivity index (χ1) is 17.8. The summed E-state index contributed by atoms with van der Waals surface area (Å²) < 4.78 is 44.8. The van der Waals surface area contributed by atoms with Crippen LogP contribution in [0.5, 0.6) is 0 Å². The van der Waals surface area contributed by atoms with Gasteiger partial charge in [-0.15, -0.1) is 0 Å². The van der Waals surface area contributed by atoms with Gasteiger partial charge in [-0.2, -0.15) is 13.2 Å². The summed E-state index contributed by atoms with van der Waals surface area (Å²) in [6, 6.07) is 18.1. The second-order valence-corrected chi connectivity index (χ2v) is 12.1. The van der Waals surface area contributed by atoms with Crippen molar-refractivity contribution in [3.63, 3.8) is 0 Å². The summed E-state index contributed by atoms with van der Waals surface area (Å²) in [5.41, 5.74) is 5.42. The van der Waals surface area contributed by atoms with E-state index in [1.807, 2.05) is 60.9 Å². The highest BCUT2D eigenvalue weighted by Crippen LogP contribution is 2.36. The second kappa shape index (κ2) is 12.8. The van der Waals surface area contributed by atoms with Gasteiger partial charge in [-0.05, 0) is 69.7 Å². The molecule has 2 saturated heterocycles. The van der Waals surface area contributed by atoms with Crippen LogP contribution in [0.15, 0.2) is 59.1 Å². The fourth-order valence-corrected chi connectivity index (χ4v) is 4.98. The molecule has 1 unspecified atom stereocenters. The van der Waals surface area contributed by atoms with Crippen molar-refractivity contribution in [1.82, 2.24) is 9.80 Å². The fraction of sp³-hybridized carbons (Fsp3) is 0.552. The van der Waals surface area contributed by atoms with E-state index in [0.29, 0.717) is 25.6 Å². The van der Waals surface area contributed by atoms with Crippen LogP contribution in [0.2, 0.25) is 0 Å². The molecule has 0 aromatic heterocycles. The van der Waals surface area contributed by atoms with E-state index in [1.165, 1.54) is 5.56 Å². The number of alkyl halides is 3. The average Bonchev–Trinajstić information content (AvgIpc) is 2.85. The summed E-state index contributed by atoms with van der Waals surface area (Å²) in [6.45, 7) is 8.73. The standard InChI is InChI=1S/C16H22BrNO2.C13H17F3N2/c1-16(2,3)20-15(19)18-10-4-5-13(11-18)12-6-8-14(17)9-7-12;14-13(15,16)12(17)6-8-18(9-7-12)10-11-4-2-1-3-5-11/h6-9,13H,4-5,10-11H2,1-3H3;1-5H,6-10,17H2. The zero-order chi connectivity index (χ0) is 28.0. The molecule has 0 radical (unpaired) electrons. The maximum atomic E-state index is 12.7. The van der Waals surface area contributed by atoms with Crippen LogP contribution >= 0.6 is 15.9 Å². The number of nitrogens with zero attached hydrogens (tertiary/aromatic N) is 2. The molecule has 2 aliphatic heterocycles.